The van der Waals surface area contributed by atoms with E-state index in [-0.39, 0.29) is 6.23 Å². The number of methoxy groups -OCH3 is 1. The molecule has 0 rings (SSSR count). The molecule has 0 spiro atoms. The van der Waals surface area contributed by atoms with E-state index in [9.17, 15) is 4.79 Å². The molecule has 10 heavy (non-hydrogen) atoms. The number of hydrogen-bond acceptors (Lipinski definition) is 2. The zero-order valence-corrected chi connectivity index (χ0v) is 6.76. The van der Waals surface area contributed by atoms with Crippen molar-refractivity contribution in [3.63, 3.8) is 0 Å². The summed E-state index contributed by atoms with van der Waals surface area (Å²) in [4.78, 5) is 10.0. The van der Waals surface area contributed by atoms with Gasteiger partial charge >= 0.3 is 0 Å². The lowest BCUT2D eigenvalue weighted by Crippen LogP contribution is -2.35. The summed E-state index contributed by atoms with van der Waals surface area (Å²) in [6, 6.07) is 0. The number of amides is 1. The van der Waals surface area contributed by atoms with Gasteiger partial charge in [-0.15, -0.1) is 0 Å². The minimum absolute atomic E-state index is 0.137. The summed E-state index contributed by atoms with van der Waals surface area (Å²) in [6.07, 6.45) is 1.53. The minimum atomic E-state index is -0.137. The van der Waals surface area contributed by atoms with Crippen LogP contribution in [0.3, 0.4) is 0 Å². The second kappa shape index (κ2) is 5.23. The van der Waals surface area contributed by atoms with E-state index in [1.807, 2.05) is 6.92 Å². The van der Waals surface area contributed by atoms with Crippen LogP contribution in [0.2, 0.25) is 0 Å². The van der Waals surface area contributed by atoms with Gasteiger partial charge in [-0.2, -0.15) is 0 Å². The SMILES string of the molecule is CC[C@H](C)[C@@H](NC=O)OC. The fraction of sp³-hybridized carbons (Fsp3) is 0.857. The molecule has 3 heteroatoms. The van der Waals surface area contributed by atoms with E-state index < -0.39 is 0 Å². The molecule has 0 aromatic heterocycles. The molecule has 0 fully saturated rings. The van der Waals surface area contributed by atoms with Gasteiger partial charge in [0.15, 0.2) is 0 Å². The molecular weight excluding hydrogens is 130 g/mol. The highest BCUT2D eigenvalue weighted by Gasteiger charge is 2.12. The van der Waals surface area contributed by atoms with Gasteiger partial charge in [0.05, 0.1) is 0 Å². The third-order valence-electron chi connectivity index (χ3n) is 1.65. The molecule has 3 nitrogen and oxygen atoms in total. The van der Waals surface area contributed by atoms with Crippen LogP contribution in [0, 0.1) is 5.92 Å². The average Bonchev–Trinajstić information content (AvgIpc) is 1.99. The summed E-state index contributed by atoms with van der Waals surface area (Å²) in [5.41, 5.74) is 0. The number of hydrogen-bond donors (Lipinski definition) is 1. The van der Waals surface area contributed by atoms with Gasteiger partial charge < -0.3 is 10.1 Å². The summed E-state index contributed by atoms with van der Waals surface area (Å²) in [5, 5.41) is 2.58. The molecule has 0 heterocycles. The van der Waals surface area contributed by atoms with Gasteiger partial charge in [0.25, 0.3) is 0 Å². The van der Waals surface area contributed by atoms with Crippen LogP contribution in [0.5, 0.6) is 0 Å². The first-order valence-corrected chi connectivity index (χ1v) is 3.48. The maximum atomic E-state index is 10.0. The second-order valence-electron chi connectivity index (χ2n) is 2.33. The highest BCUT2D eigenvalue weighted by atomic mass is 16.5. The summed E-state index contributed by atoms with van der Waals surface area (Å²) in [6.45, 7) is 4.09. The van der Waals surface area contributed by atoms with Crippen molar-refractivity contribution in [2.45, 2.75) is 26.5 Å². The molecule has 0 bridgehead atoms. The Balaban J connectivity index is 3.67. The number of carbonyl (C=O) groups is 1. The molecular formula is C7H15NO2. The van der Waals surface area contributed by atoms with Gasteiger partial charge in [0.2, 0.25) is 6.41 Å². The Morgan fingerprint density at radius 3 is 2.60 bits per heavy atom. The lowest BCUT2D eigenvalue weighted by Gasteiger charge is -2.19. The molecule has 0 aromatic rings. The Labute approximate surface area is 61.8 Å². The van der Waals surface area contributed by atoms with E-state index in [1.54, 1.807) is 7.11 Å². The smallest absolute Gasteiger partial charge is 0.209 e. The van der Waals surface area contributed by atoms with E-state index >= 15 is 0 Å². The van der Waals surface area contributed by atoms with Gasteiger partial charge in [-0.1, -0.05) is 13.8 Å². The van der Waals surface area contributed by atoms with Crippen LogP contribution in [0.4, 0.5) is 0 Å². The average molecular weight is 145 g/mol. The molecule has 60 valence electrons. The first-order valence-electron chi connectivity index (χ1n) is 3.48. The molecule has 0 aliphatic heterocycles. The van der Waals surface area contributed by atoms with E-state index in [4.69, 9.17) is 4.74 Å². The van der Waals surface area contributed by atoms with Crippen molar-refractivity contribution in [2.75, 3.05) is 7.11 Å². The van der Waals surface area contributed by atoms with Crippen LogP contribution in [-0.2, 0) is 9.53 Å². The third kappa shape index (κ3) is 2.82. The first kappa shape index (κ1) is 9.43. The Bertz CT molecular complexity index is 95.6. The number of nitrogens with one attached hydrogen (secondary N) is 1. The molecule has 0 aromatic carbocycles. The number of rotatable bonds is 5. The van der Waals surface area contributed by atoms with Crippen LogP contribution in [0.25, 0.3) is 0 Å². The monoisotopic (exact) mass is 145 g/mol. The maximum Gasteiger partial charge on any atom is 0.209 e. The molecule has 0 saturated carbocycles. The van der Waals surface area contributed by atoms with Crippen LogP contribution >= 0.6 is 0 Å². The number of ether oxygens (including phenoxy) is 1. The quantitative estimate of drug-likeness (QED) is 0.458. The predicted molar refractivity (Wildman–Crippen MR) is 39.5 cm³/mol. The standard InChI is InChI=1S/C7H15NO2/c1-4-6(2)7(10-3)8-5-9/h5-7H,4H2,1-3H3,(H,8,9)/t6-,7-/m0/s1. The van der Waals surface area contributed by atoms with Crippen LogP contribution < -0.4 is 5.32 Å². The zero-order valence-electron chi connectivity index (χ0n) is 6.76. The van der Waals surface area contributed by atoms with E-state index in [1.165, 1.54) is 0 Å². The van der Waals surface area contributed by atoms with Crippen molar-refractivity contribution < 1.29 is 9.53 Å². The van der Waals surface area contributed by atoms with Crippen molar-refractivity contribution in [3.8, 4) is 0 Å². The Kier molecular flexibility index (Phi) is 4.94. The summed E-state index contributed by atoms with van der Waals surface area (Å²) >= 11 is 0. The lowest BCUT2D eigenvalue weighted by molar-refractivity contribution is -0.114. The summed E-state index contributed by atoms with van der Waals surface area (Å²) < 4.78 is 5.00. The topological polar surface area (TPSA) is 38.3 Å². The van der Waals surface area contributed by atoms with E-state index in [0.29, 0.717) is 12.3 Å². The largest absolute Gasteiger partial charge is 0.361 e. The van der Waals surface area contributed by atoms with Crippen LogP contribution in [-0.4, -0.2) is 19.7 Å². The number of carbonyl (C=O) groups excluding carboxylic acids is 1. The molecule has 2 atom stereocenters. The van der Waals surface area contributed by atoms with Crippen molar-refractivity contribution in [2.24, 2.45) is 5.92 Å². The normalized spacial score (nSPS) is 15.9. The minimum Gasteiger partial charge on any atom is -0.361 e. The Morgan fingerprint density at radius 2 is 2.30 bits per heavy atom. The maximum absolute atomic E-state index is 10.0. The molecule has 0 radical (unpaired) electrons. The third-order valence-corrected chi connectivity index (χ3v) is 1.65. The molecule has 1 amide bonds. The second-order valence-corrected chi connectivity index (χ2v) is 2.33. The highest BCUT2D eigenvalue weighted by Crippen LogP contribution is 2.06. The fourth-order valence-electron chi connectivity index (χ4n) is 0.746. The predicted octanol–water partition coefficient (Wildman–Crippen LogP) is 0.751. The van der Waals surface area contributed by atoms with Crippen molar-refractivity contribution in [3.05, 3.63) is 0 Å². The van der Waals surface area contributed by atoms with Crippen molar-refractivity contribution >= 4 is 6.41 Å². The van der Waals surface area contributed by atoms with Gasteiger partial charge in [0.1, 0.15) is 6.23 Å². The lowest BCUT2D eigenvalue weighted by atomic mass is 10.1. The van der Waals surface area contributed by atoms with Gasteiger partial charge in [-0.25, -0.2) is 0 Å². The molecule has 0 aliphatic rings. The van der Waals surface area contributed by atoms with E-state index in [2.05, 4.69) is 12.2 Å². The molecule has 0 saturated heterocycles. The molecule has 0 aliphatic carbocycles. The molecule has 1 N–H and O–H groups in total. The van der Waals surface area contributed by atoms with Crippen molar-refractivity contribution in [1.82, 2.24) is 5.32 Å². The molecule has 0 unspecified atom stereocenters. The van der Waals surface area contributed by atoms with Crippen LogP contribution in [0.1, 0.15) is 20.3 Å². The Morgan fingerprint density at radius 1 is 1.70 bits per heavy atom. The van der Waals surface area contributed by atoms with Gasteiger partial charge in [-0.05, 0) is 6.42 Å². The summed E-state index contributed by atoms with van der Waals surface area (Å²) in [5.74, 6) is 0.371. The highest BCUT2D eigenvalue weighted by molar-refractivity contribution is 5.46. The van der Waals surface area contributed by atoms with Crippen molar-refractivity contribution in [1.29, 1.82) is 0 Å². The van der Waals surface area contributed by atoms with E-state index in [0.717, 1.165) is 6.42 Å². The van der Waals surface area contributed by atoms with Gasteiger partial charge in [-0.3, -0.25) is 4.79 Å². The zero-order chi connectivity index (χ0) is 7.98. The summed E-state index contributed by atoms with van der Waals surface area (Å²) in [7, 11) is 1.59. The Hall–Kier alpha value is -0.570. The van der Waals surface area contributed by atoms with Gasteiger partial charge in [0, 0.05) is 13.0 Å². The fourth-order valence-corrected chi connectivity index (χ4v) is 0.746. The van der Waals surface area contributed by atoms with Crippen LogP contribution in [0.15, 0.2) is 0 Å². The first-order chi connectivity index (χ1) is 4.76.